The second-order valence-electron chi connectivity index (χ2n) is 3.99. The Hall–Kier alpha value is -2.83. The van der Waals surface area contributed by atoms with Crippen LogP contribution >= 0.6 is 0 Å². The van der Waals surface area contributed by atoms with Crippen LogP contribution in [-0.4, -0.2) is 31.8 Å². The summed E-state index contributed by atoms with van der Waals surface area (Å²) in [7, 11) is 1.71. The summed E-state index contributed by atoms with van der Waals surface area (Å²) in [5, 5.41) is 6.93. The highest BCUT2D eigenvalue weighted by atomic mass is 19.1. The molecule has 6 nitrogen and oxygen atoms in total. The Morgan fingerprint density at radius 2 is 2.05 bits per heavy atom. The number of anilines is 1. The molecule has 1 aromatic carbocycles. The van der Waals surface area contributed by atoms with Gasteiger partial charge >= 0.3 is 0 Å². The Bertz CT molecular complexity index is 725. The van der Waals surface area contributed by atoms with Crippen LogP contribution in [0.5, 0.6) is 0 Å². The molecule has 0 saturated carbocycles. The molecule has 0 saturated heterocycles. The van der Waals surface area contributed by atoms with Crippen molar-refractivity contribution in [3.8, 4) is 17.3 Å². The molecule has 2 aromatic heterocycles. The number of hydrogen-bond donors (Lipinski definition) is 1. The summed E-state index contributed by atoms with van der Waals surface area (Å²) in [5.41, 5.74) is 0.581. The van der Waals surface area contributed by atoms with E-state index in [0.29, 0.717) is 23.3 Å². The number of halogens is 1. The van der Waals surface area contributed by atoms with Crippen LogP contribution in [0, 0.1) is 5.82 Å². The lowest BCUT2D eigenvalue weighted by atomic mass is 10.2. The zero-order valence-electron chi connectivity index (χ0n) is 10.7. The summed E-state index contributed by atoms with van der Waals surface area (Å²) in [4.78, 5) is 12.8. The number of hydrogen-bond acceptors (Lipinski definition) is 5. The molecule has 100 valence electrons. The Kier molecular flexibility index (Phi) is 3.08. The SMILES string of the molecule is CNc1nc(-c2cccc(F)c2)nc(-n2cccn2)n1. The Labute approximate surface area is 114 Å². The van der Waals surface area contributed by atoms with Gasteiger partial charge in [0.2, 0.25) is 5.95 Å². The molecule has 20 heavy (non-hydrogen) atoms. The standard InChI is InChI=1S/C13H11FN6/c1-15-12-17-11(9-4-2-5-10(14)8-9)18-13(19-12)20-7-3-6-16-20/h2-8H,1H3,(H,15,17,18,19). The average Bonchev–Trinajstić information content (AvgIpc) is 3.01. The number of aromatic nitrogens is 5. The highest BCUT2D eigenvalue weighted by molar-refractivity contribution is 5.56. The van der Waals surface area contributed by atoms with E-state index in [-0.39, 0.29) is 5.82 Å². The third-order valence-corrected chi connectivity index (χ3v) is 2.64. The smallest absolute Gasteiger partial charge is 0.255 e. The third kappa shape index (κ3) is 2.33. The molecule has 0 aliphatic heterocycles. The highest BCUT2D eigenvalue weighted by Gasteiger charge is 2.10. The van der Waals surface area contributed by atoms with Gasteiger partial charge in [-0.15, -0.1) is 0 Å². The summed E-state index contributed by atoms with van der Waals surface area (Å²) in [6.45, 7) is 0. The minimum atomic E-state index is -0.338. The van der Waals surface area contributed by atoms with Crippen LogP contribution in [0.25, 0.3) is 17.3 Å². The van der Waals surface area contributed by atoms with Gasteiger partial charge in [-0.05, 0) is 18.2 Å². The van der Waals surface area contributed by atoms with Gasteiger partial charge in [0.25, 0.3) is 5.95 Å². The summed E-state index contributed by atoms with van der Waals surface area (Å²) in [6.07, 6.45) is 3.36. The number of benzene rings is 1. The van der Waals surface area contributed by atoms with Crippen LogP contribution in [0.4, 0.5) is 10.3 Å². The van der Waals surface area contributed by atoms with Crippen molar-refractivity contribution in [2.45, 2.75) is 0 Å². The molecule has 3 aromatic rings. The van der Waals surface area contributed by atoms with Crippen molar-refractivity contribution < 1.29 is 4.39 Å². The third-order valence-electron chi connectivity index (χ3n) is 2.64. The average molecular weight is 270 g/mol. The van der Waals surface area contributed by atoms with E-state index in [1.165, 1.54) is 16.8 Å². The molecule has 0 unspecified atom stereocenters. The van der Waals surface area contributed by atoms with E-state index in [4.69, 9.17) is 0 Å². The van der Waals surface area contributed by atoms with Gasteiger partial charge in [0.15, 0.2) is 5.82 Å². The van der Waals surface area contributed by atoms with Crippen LogP contribution < -0.4 is 5.32 Å². The fraction of sp³-hybridized carbons (Fsp3) is 0.0769. The highest BCUT2D eigenvalue weighted by Crippen LogP contribution is 2.18. The van der Waals surface area contributed by atoms with E-state index in [1.54, 1.807) is 37.6 Å². The quantitative estimate of drug-likeness (QED) is 0.787. The van der Waals surface area contributed by atoms with E-state index in [2.05, 4.69) is 25.4 Å². The van der Waals surface area contributed by atoms with Gasteiger partial charge < -0.3 is 5.32 Å². The maximum absolute atomic E-state index is 13.3. The summed E-state index contributed by atoms with van der Waals surface area (Å²) in [5.74, 6) is 0.808. The van der Waals surface area contributed by atoms with Crippen molar-refractivity contribution in [1.82, 2.24) is 24.7 Å². The number of nitrogens with zero attached hydrogens (tertiary/aromatic N) is 5. The topological polar surface area (TPSA) is 68.5 Å². The first-order valence-electron chi connectivity index (χ1n) is 5.96. The first-order valence-corrected chi connectivity index (χ1v) is 5.96. The zero-order chi connectivity index (χ0) is 13.9. The molecule has 0 radical (unpaired) electrons. The maximum atomic E-state index is 13.3. The van der Waals surface area contributed by atoms with Gasteiger partial charge in [-0.1, -0.05) is 12.1 Å². The molecular formula is C13H11FN6. The first kappa shape index (κ1) is 12.2. The maximum Gasteiger partial charge on any atom is 0.255 e. The molecule has 0 amide bonds. The molecule has 0 atom stereocenters. The van der Waals surface area contributed by atoms with Crippen LogP contribution in [0.1, 0.15) is 0 Å². The van der Waals surface area contributed by atoms with Crippen LogP contribution in [0.2, 0.25) is 0 Å². The monoisotopic (exact) mass is 270 g/mol. The van der Waals surface area contributed by atoms with Crippen molar-refractivity contribution in [3.63, 3.8) is 0 Å². The lowest BCUT2D eigenvalue weighted by Crippen LogP contribution is -2.08. The lowest BCUT2D eigenvalue weighted by Gasteiger charge is -2.06. The molecule has 0 aliphatic carbocycles. The van der Waals surface area contributed by atoms with E-state index in [1.807, 2.05) is 0 Å². The van der Waals surface area contributed by atoms with E-state index in [9.17, 15) is 4.39 Å². The summed E-state index contributed by atoms with van der Waals surface area (Å²) < 4.78 is 14.8. The van der Waals surface area contributed by atoms with E-state index >= 15 is 0 Å². The molecule has 0 bridgehead atoms. The van der Waals surface area contributed by atoms with Crippen molar-refractivity contribution in [2.24, 2.45) is 0 Å². The van der Waals surface area contributed by atoms with Crippen LogP contribution in [-0.2, 0) is 0 Å². The number of rotatable bonds is 3. The fourth-order valence-corrected chi connectivity index (χ4v) is 1.72. The lowest BCUT2D eigenvalue weighted by molar-refractivity contribution is 0.628. The molecule has 0 spiro atoms. The molecule has 7 heteroatoms. The Morgan fingerprint density at radius 3 is 2.75 bits per heavy atom. The van der Waals surface area contributed by atoms with Gasteiger partial charge in [0.1, 0.15) is 5.82 Å². The minimum Gasteiger partial charge on any atom is -0.357 e. The Balaban J connectivity index is 2.14. The Morgan fingerprint density at radius 1 is 1.15 bits per heavy atom. The predicted octanol–water partition coefficient (Wildman–Crippen LogP) is 1.91. The van der Waals surface area contributed by atoms with Gasteiger partial charge in [-0.25, -0.2) is 9.07 Å². The van der Waals surface area contributed by atoms with Crippen LogP contribution in [0.3, 0.4) is 0 Å². The van der Waals surface area contributed by atoms with Crippen molar-refractivity contribution in [1.29, 1.82) is 0 Å². The molecule has 1 N–H and O–H groups in total. The van der Waals surface area contributed by atoms with Crippen molar-refractivity contribution >= 4 is 5.95 Å². The van der Waals surface area contributed by atoms with Gasteiger partial charge in [-0.3, -0.25) is 0 Å². The summed E-state index contributed by atoms with van der Waals surface area (Å²) >= 11 is 0. The zero-order valence-corrected chi connectivity index (χ0v) is 10.7. The van der Waals surface area contributed by atoms with Gasteiger partial charge in [-0.2, -0.15) is 20.1 Å². The predicted molar refractivity (Wildman–Crippen MR) is 71.9 cm³/mol. The summed E-state index contributed by atoms with van der Waals surface area (Å²) in [6, 6.07) is 7.87. The van der Waals surface area contributed by atoms with E-state index in [0.717, 1.165) is 0 Å². The second-order valence-corrected chi connectivity index (χ2v) is 3.99. The minimum absolute atomic E-state index is 0.338. The number of nitrogens with one attached hydrogen (secondary N) is 1. The van der Waals surface area contributed by atoms with Crippen molar-refractivity contribution in [3.05, 3.63) is 48.5 Å². The van der Waals surface area contributed by atoms with Gasteiger partial charge in [0.05, 0.1) is 0 Å². The fourth-order valence-electron chi connectivity index (χ4n) is 1.72. The van der Waals surface area contributed by atoms with Gasteiger partial charge in [0, 0.05) is 25.0 Å². The molecule has 3 rings (SSSR count). The van der Waals surface area contributed by atoms with E-state index < -0.39 is 0 Å². The van der Waals surface area contributed by atoms with Crippen LogP contribution in [0.15, 0.2) is 42.7 Å². The molecule has 0 fully saturated rings. The molecule has 2 heterocycles. The normalized spacial score (nSPS) is 10.5. The van der Waals surface area contributed by atoms with Crippen molar-refractivity contribution in [2.75, 3.05) is 12.4 Å². The first-order chi connectivity index (χ1) is 9.76. The molecular weight excluding hydrogens is 259 g/mol. The largest absolute Gasteiger partial charge is 0.357 e. The second kappa shape index (κ2) is 5.04. The molecule has 0 aliphatic rings.